The van der Waals surface area contributed by atoms with Crippen LogP contribution in [0.2, 0.25) is 0 Å². The number of carbonyl (C=O) groups is 2. The van der Waals surface area contributed by atoms with Crippen molar-refractivity contribution in [2.75, 3.05) is 0 Å². The quantitative estimate of drug-likeness (QED) is 0.617. The number of amides is 1. The zero-order valence-corrected chi connectivity index (χ0v) is 11.6. The normalized spacial score (nSPS) is 13.3. The number of rotatable bonds is 6. The van der Waals surface area contributed by atoms with Gasteiger partial charge >= 0.3 is 5.97 Å². The number of benzene rings is 1. The largest absolute Gasteiger partial charge is 0.480 e. The maximum atomic E-state index is 13.3. The second-order valence-electron chi connectivity index (χ2n) is 4.80. The van der Waals surface area contributed by atoms with E-state index < -0.39 is 33.8 Å². The number of nitro benzene ring substituents is 1. The van der Waals surface area contributed by atoms with Crippen LogP contribution in [-0.4, -0.2) is 27.4 Å². The Balaban J connectivity index is 3.08. The molecule has 1 aromatic rings. The molecule has 0 saturated heterocycles. The Morgan fingerprint density at radius 3 is 2.52 bits per heavy atom. The summed E-state index contributed by atoms with van der Waals surface area (Å²) in [6.45, 7) is 3.07. The van der Waals surface area contributed by atoms with Gasteiger partial charge in [-0.2, -0.15) is 0 Å². The maximum Gasteiger partial charge on any atom is 0.329 e. The van der Waals surface area contributed by atoms with Gasteiger partial charge in [0.15, 0.2) is 0 Å². The van der Waals surface area contributed by atoms with Crippen molar-refractivity contribution in [2.45, 2.75) is 32.2 Å². The average Bonchev–Trinajstić information content (AvgIpc) is 2.37. The standard InChI is InChI=1S/C13H15FN2O5/c1-3-4-13(2,12(18)19)15-11(17)8-5-9(14)7-10(6-8)16(20)21/h5-7H,3-4H2,1-2H3,(H,15,17)(H,18,19). The Hall–Kier alpha value is -2.51. The van der Waals surface area contributed by atoms with E-state index >= 15 is 0 Å². The molecule has 21 heavy (non-hydrogen) atoms. The Morgan fingerprint density at radius 1 is 1.43 bits per heavy atom. The van der Waals surface area contributed by atoms with Crippen molar-refractivity contribution in [3.63, 3.8) is 0 Å². The number of halogens is 1. The lowest BCUT2D eigenvalue weighted by Crippen LogP contribution is -2.52. The number of carboxylic acid groups (broad SMARTS) is 1. The first-order valence-electron chi connectivity index (χ1n) is 6.20. The average molecular weight is 298 g/mol. The lowest BCUT2D eigenvalue weighted by atomic mass is 9.95. The number of nitro groups is 1. The minimum absolute atomic E-state index is 0.172. The molecule has 1 aromatic carbocycles. The summed E-state index contributed by atoms with van der Waals surface area (Å²) >= 11 is 0. The van der Waals surface area contributed by atoms with Gasteiger partial charge in [0.2, 0.25) is 0 Å². The number of carbonyl (C=O) groups excluding carboxylic acids is 1. The minimum atomic E-state index is -1.52. The van der Waals surface area contributed by atoms with Crippen molar-refractivity contribution in [1.82, 2.24) is 5.32 Å². The Bertz CT molecular complexity index is 590. The fourth-order valence-corrected chi connectivity index (χ4v) is 1.86. The van der Waals surface area contributed by atoms with E-state index in [-0.39, 0.29) is 12.0 Å². The number of nitrogens with one attached hydrogen (secondary N) is 1. The Kier molecular flexibility index (Phi) is 4.96. The van der Waals surface area contributed by atoms with Crippen LogP contribution in [0.25, 0.3) is 0 Å². The molecule has 114 valence electrons. The first-order chi connectivity index (χ1) is 9.69. The van der Waals surface area contributed by atoms with Crippen molar-refractivity contribution < 1.29 is 24.0 Å². The molecule has 0 bridgehead atoms. The molecule has 0 aliphatic carbocycles. The second kappa shape index (κ2) is 6.29. The first kappa shape index (κ1) is 16.5. The van der Waals surface area contributed by atoms with Gasteiger partial charge in [0, 0.05) is 11.6 Å². The highest BCUT2D eigenvalue weighted by Gasteiger charge is 2.34. The van der Waals surface area contributed by atoms with Gasteiger partial charge in [0.05, 0.1) is 11.0 Å². The van der Waals surface area contributed by atoms with Crippen molar-refractivity contribution >= 4 is 17.6 Å². The van der Waals surface area contributed by atoms with Crippen LogP contribution >= 0.6 is 0 Å². The summed E-state index contributed by atoms with van der Waals surface area (Å²) in [5.74, 6) is -3.05. The van der Waals surface area contributed by atoms with Gasteiger partial charge in [-0.15, -0.1) is 0 Å². The SMILES string of the molecule is CCCC(C)(NC(=O)c1cc(F)cc([N+](=O)[O-])c1)C(=O)O. The molecule has 0 aliphatic heterocycles. The molecule has 1 amide bonds. The summed E-state index contributed by atoms with van der Waals surface area (Å²) in [5, 5.41) is 22.1. The van der Waals surface area contributed by atoms with Crippen molar-refractivity contribution in [2.24, 2.45) is 0 Å². The molecule has 1 atom stereocenters. The van der Waals surface area contributed by atoms with E-state index in [1.807, 2.05) is 0 Å². The third-order valence-electron chi connectivity index (χ3n) is 2.97. The molecule has 0 heterocycles. The van der Waals surface area contributed by atoms with E-state index in [1.54, 1.807) is 6.92 Å². The molecule has 1 unspecified atom stereocenters. The molecule has 0 radical (unpaired) electrons. The lowest BCUT2D eigenvalue weighted by Gasteiger charge is -2.25. The molecule has 8 heteroatoms. The van der Waals surface area contributed by atoms with Crippen molar-refractivity contribution in [3.8, 4) is 0 Å². The van der Waals surface area contributed by atoms with Crippen LogP contribution < -0.4 is 5.32 Å². The molecular formula is C13H15FN2O5. The Morgan fingerprint density at radius 2 is 2.05 bits per heavy atom. The van der Waals surface area contributed by atoms with Crippen LogP contribution in [0.5, 0.6) is 0 Å². The number of nitrogens with zero attached hydrogens (tertiary/aromatic N) is 1. The predicted molar refractivity (Wildman–Crippen MR) is 71.5 cm³/mol. The molecule has 0 aliphatic rings. The molecule has 0 fully saturated rings. The molecule has 0 aromatic heterocycles. The van der Waals surface area contributed by atoms with Crippen LogP contribution in [0.3, 0.4) is 0 Å². The highest BCUT2D eigenvalue weighted by Crippen LogP contribution is 2.18. The predicted octanol–water partition coefficient (Wildman–Crippen LogP) is 2.11. The van der Waals surface area contributed by atoms with Crippen LogP contribution in [0.1, 0.15) is 37.0 Å². The lowest BCUT2D eigenvalue weighted by molar-refractivity contribution is -0.385. The molecule has 0 spiro atoms. The van der Waals surface area contributed by atoms with Gasteiger partial charge in [0.1, 0.15) is 11.4 Å². The van der Waals surface area contributed by atoms with Crippen molar-refractivity contribution in [1.29, 1.82) is 0 Å². The molecular weight excluding hydrogens is 283 g/mol. The van der Waals surface area contributed by atoms with Gasteiger partial charge < -0.3 is 10.4 Å². The summed E-state index contributed by atoms with van der Waals surface area (Å²) in [4.78, 5) is 33.0. The third-order valence-corrected chi connectivity index (χ3v) is 2.97. The maximum absolute atomic E-state index is 13.3. The zero-order chi connectivity index (χ0) is 16.2. The van der Waals surface area contributed by atoms with E-state index in [9.17, 15) is 24.1 Å². The second-order valence-corrected chi connectivity index (χ2v) is 4.80. The third kappa shape index (κ3) is 3.98. The zero-order valence-electron chi connectivity index (χ0n) is 11.6. The highest BCUT2D eigenvalue weighted by molar-refractivity contribution is 5.98. The van der Waals surface area contributed by atoms with Crippen LogP contribution in [0.4, 0.5) is 10.1 Å². The highest BCUT2D eigenvalue weighted by atomic mass is 19.1. The number of carboxylic acids is 1. The topological polar surface area (TPSA) is 110 Å². The molecule has 0 saturated carbocycles. The number of hydrogen-bond donors (Lipinski definition) is 2. The van der Waals surface area contributed by atoms with Gasteiger partial charge in [-0.1, -0.05) is 13.3 Å². The van der Waals surface area contributed by atoms with Gasteiger partial charge in [-0.3, -0.25) is 14.9 Å². The molecule has 2 N–H and O–H groups in total. The molecule has 1 rings (SSSR count). The minimum Gasteiger partial charge on any atom is -0.480 e. The Labute approximate surface area is 119 Å². The number of aliphatic carboxylic acids is 1. The smallest absolute Gasteiger partial charge is 0.329 e. The van der Waals surface area contributed by atoms with Crippen LogP contribution in [0.15, 0.2) is 18.2 Å². The fraction of sp³-hybridized carbons (Fsp3) is 0.385. The van der Waals surface area contributed by atoms with E-state index in [2.05, 4.69) is 5.32 Å². The summed E-state index contributed by atoms with van der Waals surface area (Å²) < 4.78 is 13.3. The van der Waals surface area contributed by atoms with Crippen LogP contribution in [0, 0.1) is 15.9 Å². The van der Waals surface area contributed by atoms with Crippen LogP contribution in [-0.2, 0) is 4.79 Å². The van der Waals surface area contributed by atoms with E-state index in [4.69, 9.17) is 5.11 Å². The van der Waals surface area contributed by atoms with E-state index in [0.29, 0.717) is 12.5 Å². The van der Waals surface area contributed by atoms with Gasteiger partial charge in [-0.25, -0.2) is 9.18 Å². The monoisotopic (exact) mass is 298 g/mol. The number of non-ortho nitro benzene ring substituents is 1. The van der Waals surface area contributed by atoms with Crippen molar-refractivity contribution in [3.05, 3.63) is 39.7 Å². The summed E-state index contributed by atoms with van der Waals surface area (Å²) in [7, 11) is 0. The summed E-state index contributed by atoms with van der Waals surface area (Å²) in [5.41, 5.74) is -2.40. The fourth-order valence-electron chi connectivity index (χ4n) is 1.86. The summed E-state index contributed by atoms with van der Waals surface area (Å²) in [6.07, 6.45) is 0.678. The van der Waals surface area contributed by atoms with Gasteiger partial charge in [-0.05, 0) is 19.4 Å². The van der Waals surface area contributed by atoms with E-state index in [1.165, 1.54) is 6.92 Å². The first-order valence-corrected chi connectivity index (χ1v) is 6.20. The van der Waals surface area contributed by atoms with E-state index in [0.717, 1.165) is 12.1 Å². The van der Waals surface area contributed by atoms with Gasteiger partial charge in [0.25, 0.3) is 11.6 Å². The summed E-state index contributed by atoms with van der Waals surface area (Å²) in [6, 6.07) is 2.39. The molecule has 7 nitrogen and oxygen atoms in total. The number of hydrogen-bond acceptors (Lipinski definition) is 4.